The SMILES string of the molecule is COc1cc(N2CCC3(CCCN3Cc3ccn(C)n3)CC2)ncn1. The molecule has 2 aromatic rings. The van der Waals surface area contributed by atoms with Gasteiger partial charge in [0.15, 0.2) is 0 Å². The summed E-state index contributed by atoms with van der Waals surface area (Å²) in [5.41, 5.74) is 1.50. The van der Waals surface area contributed by atoms with Crippen molar-refractivity contribution in [2.24, 2.45) is 7.05 Å². The van der Waals surface area contributed by atoms with Gasteiger partial charge in [-0.05, 0) is 38.3 Å². The summed E-state index contributed by atoms with van der Waals surface area (Å²) < 4.78 is 7.12. The predicted molar refractivity (Wildman–Crippen MR) is 95.6 cm³/mol. The van der Waals surface area contributed by atoms with Crippen LogP contribution in [0.15, 0.2) is 24.7 Å². The van der Waals surface area contributed by atoms with E-state index in [1.165, 1.54) is 37.9 Å². The van der Waals surface area contributed by atoms with Crippen LogP contribution in [-0.2, 0) is 13.6 Å². The van der Waals surface area contributed by atoms with Crippen LogP contribution in [0.25, 0.3) is 0 Å². The Balaban J connectivity index is 1.44. The van der Waals surface area contributed by atoms with Crippen molar-refractivity contribution in [1.82, 2.24) is 24.6 Å². The van der Waals surface area contributed by atoms with Crippen LogP contribution in [0, 0.1) is 0 Å². The number of ether oxygens (including phenoxy) is 1. The van der Waals surface area contributed by atoms with E-state index in [9.17, 15) is 0 Å². The third-order valence-corrected chi connectivity index (χ3v) is 5.72. The molecule has 0 radical (unpaired) electrons. The first-order valence-electron chi connectivity index (χ1n) is 9.03. The number of hydrogen-bond acceptors (Lipinski definition) is 6. The van der Waals surface area contributed by atoms with Gasteiger partial charge in [-0.2, -0.15) is 5.10 Å². The molecule has 0 saturated carbocycles. The summed E-state index contributed by atoms with van der Waals surface area (Å²) in [6.07, 6.45) is 8.54. The predicted octanol–water partition coefficient (Wildman–Crippen LogP) is 1.85. The number of aryl methyl sites for hydroxylation is 1. The van der Waals surface area contributed by atoms with Crippen molar-refractivity contribution >= 4 is 5.82 Å². The molecule has 2 saturated heterocycles. The highest BCUT2D eigenvalue weighted by Gasteiger charge is 2.43. The van der Waals surface area contributed by atoms with Crippen LogP contribution >= 0.6 is 0 Å². The van der Waals surface area contributed by atoms with Gasteiger partial charge >= 0.3 is 0 Å². The second-order valence-corrected chi connectivity index (χ2v) is 7.14. The van der Waals surface area contributed by atoms with Gasteiger partial charge in [0, 0.05) is 44.5 Å². The molecule has 2 fully saturated rings. The highest BCUT2D eigenvalue weighted by molar-refractivity contribution is 5.41. The average Bonchev–Trinajstić information content (AvgIpc) is 3.23. The molecule has 4 heterocycles. The topological polar surface area (TPSA) is 59.3 Å². The van der Waals surface area contributed by atoms with E-state index in [1.807, 2.05) is 24.0 Å². The summed E-state index contributed by atoms with van der Waals surface area (Å²) in [4.78, 5) is 13.5. The molecule has 0 N–H and O–H groups in total. The van der Waals surface area contributed by atoms with Gasteiger partial charge in [-0.3, -0.25) is 9.58 Å². The minimum Gasteiger partial charge on any atom is -0.481 e. The van der Waals surface area contributed by atoms with Gasteiger partial charge < -0.3 is 9.64 Å². The summed E-state index contributed by atoms with van der Waals surface area (Å²) in [7, 11) is 3.63. The van der Waals surface area contributed by atoms with E-state index in [1.54, 1.807) is 13.4 Å². The maximum atomic E-state index is 5.23. The van der Waals surface area contributed by atoms with E-state index in [-0.39, 0.29) is 0 Å². The largest absolute Gasteiger partial charge is 0.481 e. The lowest BCUT2D eigenvalue weighted by Crippen LogP contribution is -2.52. The summed E-state index contributed by atoms with van der Waals surface area (Å²) in [5.74, 6) is 1.60. The number of piperidine rings is 1. The molecule has 134 valence electrons. The van der Waals surface area contributed by atoms with Gasteiger partial charge in [0.1, 0.15) is 12.1 Å². The fraction of sp³-hybridized carbons (Fsp3) is 0.611. The van der Waals surface area contributed by atoms with E-state index in [2.05, 4.69) is 30.9 Å². The van der Waals surface area contributed by atoms with Gasteiger partial charge in [0.05, 0.1) is 12.8 Å². The minimum absolute atomic E-state index is 0.325. The highest BCUT2D eigenvalue weighted by Crippen LogP contribution is 2.40. The van der Waals surface area contributed by atoms with Crippen LogP contribution in [0.2, 0.25) is 0 Å². The van der Waals surface area contributed by atoms with E-state index < -0.39 is 0 Å². The van der Waals surface area contributed by atoms with E-state index >= 15 is 0 Å². The first-order chi connectivity index (χ1) is 12.2. The first kappa shape index (κ1) is 16.3. The number of methoxy groups -OCH3 is 1. The van der Waals surface area contributed by atoms with Crippen LogP contribution in [-0.4, -0.2) is 56.9 Å². The van der Waals surface area contributed by atoms with Crippen molar-refractivity contribution in [2.45, 2.75) is 37.8 Å². The summed E-state index contributed by atoms with van der Waals surface area (Å²) in [6, 6.07) is 4.06. The molecule has 7 nitrogen and oxygen atoms in total. The number of hydrogen-bond donors (Lipinski definition) is 0. The molecule has 0 aliphatic carbocycles. The Morgan fingerprint density at radius 2 is 2.00 bits per heavy atom. The molecule has 0 atom stereocenters. The van der Waals surface area contributed by atoms with Gasteiger partial charge in [-0.1, -0.05) is 0 Å². The second kappa shape index (κ2) is 6.63. The van der Waals surface area contributed by atoms with Gasteiger partial charge in [-0.15, -0.1) is 0 Å². The Kier molecular flexibility index (Phi) is 4.33. The monoisotopic (exact) mass is 342 g/mol. The molecular formula is C18H26N6O. The Hall–Kier alpha value is -2.15. The van der Waals surface area contributed by atoms with Crippen molar-refractivity contribution < 1.29 is 4.74 Å². The number of rotatable bonds is 4. The third kappa shape index (κ3) is 3.20. The highest BCUT2D eigenvalue weighted by atomic mass is 16.5. The fourth-order valence-electron chi connectivity index (χ4n) is 4.32. The van der Waals surface area contributed by atoms with E-state index in [0.29, 0.717) is 11.4 Å². The molecular weight excluding hydrogens is 316 g/mol. The summed E-state index contributed by atoms with van der Waals surface area (Å²) in [6.45, 7) is 4.19. The maximum Gasteiger partial charge on any atom is 0.218 e. The van der Waals surface area contributed by atoms with Gasteiger partial charge in [-0.25, -0.2) is 9.97 Å². The fourth-order valence-corrected chi connectivity index (χ4v) is 4.32. The number of aromatic nitrogens is 4. The molecule has 2 aliphatic rings. The Morgan fingerprint density at radius 1 is 1.16 bits per heavy atom. The zero-order valence-electron chi connectivity index (χ0n) is 15.1. The lowest BCUT2D eigenvalue weighted by Gasteiger charge is -2.45. The van der Waals surface area contributed by atoms with Gasteiger partial charge in [0.2, 0.25) is 5.88 Å². The van der Waals surface area contributed by atoms with Crippen LogP contribution in [0.4, 0.5) is 5.82 Å². The molecule has 0 unspecified atom stereocenters. The molecule has 0 bridgehead atoms. The summed E-state index contributed by atoms with van der Waals surface area (Å²) in [5, 5.41) is 4.57. The molecule has 25 heavy (non-hydrogen) atoms. The van der Waals surface area contributed by atoms with Crippen molar-refractivity contribution in [3.63, 3.8) is 0 Å². The maximum absolute atomic E-state index is 5.23. The van der Waals surface area contributed by atoms with Crippen LogP contribution < -0.4 is 9.64 Å². The van der Waals surface area contributed by atoms with E-state index in [0.717, 1.165) is 25.5 Å². The van der Waals surface area contributed by atoms with Crippen molar-refractivity contribution in [3.8, 4) is 5.88 Å². The molecule has 0 aromatic carbocycles. The van der Waals surface area contributed by atoms with Crippen LogP contribution in [0.3, 0.4) is 0 Å². The molecule has 2 aliphatic heterocycles. The lowest BCUT2D eigenvalue weighted by molar-refractivity contribution is 0.0981. The molecule has 7 heteroatoms. The third-order valence-electron chi connectivity index (χ3n) is 5.72. The van der Waals surface area contributed by atoms with Crippen LogP contribution in [0.1, 0.15) is 31.4 Å². The standard InChI is InChI=1S/C18H26N6O/c1-22-9-4-15(21-22)13-24-8-3-5-18(24)6-10-23(11-7-18)16-12-17(25-2)20-14-19-16/h4,9,12,14H,3,5-8,10-11,13H2,1-2H3. The number of nitrogens with zero attached hydrogens (tertiary/aromatic N) is 6. The molecule has 0 amide bonds. The second-order valence-electron chi connectivity index (χ2n) is 7.14. The minimum atomic E-state index is 0.325. The molecule has 1 spiro atoms. The van der Waals surface area contributed by atoms with Gasteiger partial charge in [0.25, 0.3) is 0 Å². The van der Waals surface area contributed by atoms with Crippen molar-refractivity contribution in [3.05, 3.63) is 30.4 Å². The number of likely N-dealkylation sites (tertiary alicyclic amines) is 1. The normalized spacial score (nSPS) is 20.3. The smallest absolute Gasteiger partial charge is 0.218 e. The Bertz CT molecular complexity index is 722. The first-order valence-corrected chi connectivity index (χ1v) is 9.03. The van der Waals surface area contributed by atoms with Crippen molar-refractivity contribution in [1.29, 1.82) is 0 Å². The zero-order valence-corrected chi connectivity index (χ0v) is 15.1. The Morgan fingerprint density at radius 3 is 2.72 bits per heavy atom. The molecule has 4 rings (SSSR count). The lowest BCUT2D eigenvalue weighted by atomic mass is 9.85. The van der Waals surface area contributed by atoms with Crippen LogP contribution in [0.5, 0.6) is 5.88 Å². The molecule has 2 aromatic heterocycles. The van der Waals surface area contributed by atoms with Crippen molar-refractivity contribution in [2.75, 3.05) is 31.6 Å². The zero-order chi connectivity index (χ0) is 17.3. The quantitative estimate of drug-likeness (QED) is 0.845. The Labute approximate surface area is 148 Å². The number of anilines is 1. The summed E-state index contributed by atoms with van der Waals surface area (Å²) >= 11 is 0. The average molecular weight is 342 g/mol. The van der Waals surface area contributed by atoms with E-state index in [4.69, 9.17) is 4.74 Å².